The Labute approximate surface area is 210 Å². The van der Waals surface area contributed by atoms with Gasteiger partial charge < -0.3 is 80.1 Å². The highest BCUT2D eigenvalue weighted by Gasteiger charge is 2.52. The minimum atomic E-state index is -1.84. The molecule has 0 aromatic rings. The molecule has 3 saturated heterocycles. The molecule has 17 heteroatoms. The summed E-state index contributed by atoms with van der Waals surface area (Å²) in [6.45, 7) is -0.959. The number of rotatable bonds is 8. The maximum absolute atomic E-state index is 11.8. The normalized spacial score (nSPS) is 49.0. The van der Waals surface area contributed by atoms with Crippen LogP contribution in [0, 0.1) is 0 Å². The smallest absolute Gasteiger partial charge is 0.217 e. The van der Waals surface area contributed by atoms with Crippen molar-refractivity contribution in [3.63, 3.8) is 0 Å². The fourth-order valence-corrected chi connectivity index (χ4v) is 4.36. The third-order valence-corrected chi connectivity index (χ3v) is 6.47. The molecule has 3 aliphatic rings. The number of carbonyl (C=O) groups is 1. The molecule has 0 aromatic heterocycles. The highest BCUT2D eigenvalue weighted by molar-refractivity contribution is 5.73. The van der Waals surface area contributed by atoms with Crippen LogP contribution in [0.15, 0.2) is 0 Å². The monoisotopic (exact) mass is 545 g/mol. The van der Waals surface area contributed by atoms with Gasteiger partial charge in [0, 0.05) is 6.92 Å². The lowest BCUT2D eigenvalue weighted by Gasteiger charge is -2.47. The van der Waals surface area contributed by atoms with E-state index >= 15 is 0 Å². The molecule has 0 spiro atoms. The molecule has 3 rings (SSSR count). The fraction of sp³-hybridized carbons (Fsp3) is 0.950. The third-order valence-electron chi connectivity index (χ3n) is 6.47. The van der Waals surface area contributed by atoms with E-state index in [1.807, 2.05) is 0 Å². The Morgan fingerprint density at radius 1 is 0.703 bits per heavy atom. The van der Waals surface area contributed by atoms with Crippen LogP contribution < -0.4 is 5.32 Å². The van der Waals surface area contributed by atoms with E-state index in [2.05, 4.69) is 5.32 Å². The highest BCUT2D eigenvalue weighted by atomic mass is 16.7. The molecular weight excluding hydrogens is 510 g/mol. The summed E-state index contributed by atoms with van der Waals surface area (Å²) in [4.78, 5) is 11.8. The van der Waals surface area contributed by atoms with E-state index in [1.165, 1.54) is 0 Å². The van der Waals surface area contributed by atoms with Gasteiger partial charge in [-0.2, -0.15) is 0 Å². The van der Waals surface area contributed by atoms with Gasteiger partial charge in [0.2, 0.25) is 5.91 Å². The molecule has 37 heavy (non-hydrogen) atoms. The van der Waals surface area contributed by atoms with Gasteiger partial charge in [0.1, 0.15) is 73.2 Å². The minimum absolute atomic E-state index is 0.564. The molecule has 1 unspecified atom stereocenters. The van der Waals surface area contributed by atoms with Crippen molar-refractivity contribution in [3.8, 4) is 0 Å². The van der Waals surface area contributed by atoms with Gasteiger partial charge in [-0.05, 0) is 0 Å². The Hall–Kier alpha value is -1.13. The first-order chi connectivity index (χ1) is 17.4. The van der Waals surface area contributed by atoms with Gasteiger partial charge in [-0.15, -0.1) is 0 Å². The summed E-state index contributed by atoms with van der Waals surface area (Å²) in [5, 5.41) is 102. The number of ether oxygens (including phenoxy) is 5. The number of amides is 1. The second kappa shape index (κ2) is 12.8. The van der Waals surface area contributed by atoms with Crippen LogP contribution >= 0.6 is 0 Å². The zero-order chi connectivity index (χ0) is 27.6. The summed E-state index contributed by atoms with van der Waals surface area (Å²) in [5.74, 6) is -0.641. The van der Waals surface area contributed by atoms with Crippen molar-refractivity contribution in [2.45, 2.75) is 99.0 Å². The Bertz CT molecular complexity index is 745. The molecule has 11 N–H and O–H groups in total. The van der Waals surface area contributed by atoms with Crippen LogP contribution in [0.3, 0.4) is 0 Å². The summed E-state index contributed by atoms with van der Waals surface area (Å²) in [7, 11) is 0. The van der Waals surface area contributed by atoms with Crippen molar-refractivity contribution in [3.05, 3.63) is 0 Å². The average Bonchev–Trinajstić information content (AvgIpc) is 2.86. The number of aliphatic hydroxyl groups excluding tert-OH is 10. The predicted octanol–water partition coefficient (Wildman–Crippen LogP) is -7.43. The molecule has 3 aliphatic heterocycles. The molecule has 0 aliphatic carbocycles. The minimum Gasteiger partial charge on any atom is -0.394 e. The Morgan fingerprint density at radius 3 is 1.86 bits per heavy atom. The van der Waals surface area contributed by atoms with Gasteiger partial charge in [0.05, 0.1) is 19.8 Å². The van der Waals surface area contributed by atoms with Crippen molar-refractivity contribution >= 4 is 5.91 Å². The van der Waals surface area contributed by atoms with Gasteiger partial charge >= 0.3 is 0 Å². The maximum Gasteiger partial charge on any atom is 0.217 e. The second-order valence-corrected chi connectivity index (χ2v) is 9.11. The lowest BCUT2D eigenvalue weighted by Crippen LogP contribution is -2.68. The summed E-state index contributed by atoms with van der Waals surface area (Å²) < 4.78 is 27.0. The summed E-state index contributed by atoms with van der Waals surface area (Å²) >= 11 is 0. The van der Waals surface area contributed by atoms with Gasteiger partial charge in [-0.25, -0.2) is 0 Å². The first-order valence-electron chi connectivity index (χ1n) is 11.6. The van der Waals surface area contributed by atoms with Crippen LogP contribution in [-0.4, -0.2) is 169 Å². The first-order valence-corrected chi connectivity index (χ1v) is 11.6. The van der Waals surface area contributed by atoms with Crippen LogP contribution in [0.4, 0.5) is 0 Å². The lowest BCUT2D eigenvalue weighted by atomic mass is 9.95. The quantitative estimate of drug-likeness (QED) is 0.135. The number of carbonyl (C=O) groups excluding carboxylic acids is 1. The molecule has 17 nitrogen and oxygen atoms in total. The second-order valence-electron chi connectivity index (χ2n) is 9.11. The fourth-order valence-electron chi connectivity index (χ4n) is 4.36. The molecule has 216 valence electrons. The van der Waals surface area contributed by atoms with Crippen LogP contribution in [0.5, 0.6) is 0 Å². The molecular formula is C20H35NO16. The number of nitrogens with one attached hydrogen (secondary N) is 1. The van der Waals surface area contributed by atoms with Gasteiger partial charge in [-0.3, -0.25) is 4.79 Å². The van der Waals surface area contributed by atoms with Crippen molar-refractivity contribution in [2.75, 3.05) is 19.8 Å². The lowest BCUT2D eigenvalue weighted by molar-refractivity contribution is -0.352. The largest absolute Gasteiger partial charge is 0.394 e. The van der Waals surface area contributed by atoms with E-state index in [1.54, 1.807) is 0 Å². The molecule has 0 bridgehead atoms. The van der Waals surface area contributed by atoms with E-state index in [4.69, 9.17) is 23.7 Å². The van der Waals surface area contributed by atoms with E-state index in [-0.39, 0.29) is 0 Å². The van der Waals surface area contributed by atoms with Crippen molar-refractivity contribution in [1.82, 2.24) is 5.32 Å². The summed E-state index contributed by atoms with van der Waals surface area (Å²) in [6.07, 6.45) is -22.7. The van der Waals surface area contributed by atoms with Crippen LogP contribution in [0.1, 0.15) is 6.92 Å². The molecule has 15 atom stereocenters. The van der Waals surface area contributed by atoms with Crippen molar-refractivity contribution in [1.29, 1.82) is 0 Å². The molecule has 3 fully saturated rings. The standard InChI is InChI=1S/C20H35NO16/c1-5(24)21-9-12(27)17(37-20-16(31)14(29)10(25)6(2-22)35-20)7(3-23)36-19(9)33-4-8-11(26)13(28)15(30)18(32)34-8/h6-20,22-23,25-32H,2-4H2,1H3,(H,21,24)/t6-,7-,8-,9-,10+,11+,12-,13+,14+,15-,16-,17-,18?,19-,20+/m1/s1. The third kappa shape index (κ3) is 6.55. The Kier molecular flexibility index (Phi) is 10.5. The molecule has 1 amide bonds. The molecule has 0 aromatic carbocycles. The Balaban J connectivity index is 1.74. The van der Waals surface area contributed by atoms with Crippen molar-refractivity contribution in [2.24, 2.45) is 0 Å². The zero-order valence-electron chi connectivity index (χ0n) is 19.7. The number of hydrogen-bond donors (Lipinski definition) is 11. The van der Waals surface area contributed by atoms with Gasteiger partial charge in [0.15, 0.2) is 18.9 Å². The molecule has 0 saturated carbocycles. The van der Waals surface area contributed by atoms with E-state index in [0.29, 0.717) is 0 Å². The van der Waals surface area contributed by atoms with Crippen LogP contribution in [0.25, 0.3) is 0 Å². The average molecular weight is 545 g/mol. The first kappa shape index (κ1) is 30.4. The maximum atomic E-state index is 11.8. The SMILES string of the molecule is CC(=O)N[C@H]1[C@H](OC[C@H]2OC(O)[C@H](O)[C@@H](O)[C@H]2O)O[C@H](CO)[C@@H](O[C@@H]2O[C@H](CO)[C@H](O)[C@H](O)[C@H]2O)[C@@H]1O. The van der Waals surface area contributed by atoms with E-state index in [9.17, 15) is 55.9 Å². The van der Waals surface area contributed by atoms with Crippen molar-refractivity contribution < 1.29 is 79.5 Å². The van der Waals surface area contributed by atoms with E-state index in [0.717, 1.165) is 6.92 Å². The van der Waals surface area contributed by atoms with Crippen LogP contribution in [-0.2, 0) is 28.5 Å². The summed E-state index contributed by atoms with van der Waals surface area (Å²) in [6, 6.07) is -1.38. The Morgan fingerprint density at radius 2 is 1.27 bits per heavy atom. The number of hydrogen-bond acceptors (Lipinski definition) is 16. The van der Waals surface area contributed by atoms with Gasteiger partial charge in [-0.1, -0.05) is 0 Å². The number of aliphatic hydroxyl groups is 10. The topological polar surface area (TPSA) is 278 Å². The van der Waals surface area contributed by atoms with Gasteiger partial charge in [0.25, 0.3) is 0 Å². The van der Waals surface area contributed by atoms with E-state index < -0.39 is 118 Å². The van der Waals surface area contributed by atoms with Crippen LogP contribution in [0.2, 0.25) is 0 Å². The zero-order valence-corrected chi connectivity index (χ0v) is 19.7. The predicted molar refractivity (Wildman–Crippen MR) is 113 cm³/mol. The summed E-state index contributed by atoms with van der Waals surface area (Å²) in [5.41, 5.74) is 0. The molecule has 3 heterocycles. The highest BCUT2D eigenvalue weighted by Crippen LogP contribution is 2.30. The molecule has 0 radical (unpaired) electrons.